The number of amides is 1. The summed E-state index contributed by atoms with van der Waals surface area (Å²) in [5.74, 6) is 0.112. The Kier molecular flexibility index (Phi) is 2.39. The van der Waals surface area contributed by atoms with Crippen molar-refractivity contribution in [1.29, 1.82) is 0 Å². The van der Waals surface area contributed by atoms with E-state index in [0.717, 1.165) is 24.5 Å². The second-order valence-corrected chi connectivity index (χ2v) is 4.05. The summed E-state index contributed by atoms with van der Waals surface area (Å²) in [5.41, 5.74) is 4.56. The molecule has 0 aromatic heterocycles. The van der Waals surface area contributed by atoms with Gasteiger partial charge in [0, 0.05) is 20.0 Å². The zero-order chi connectivity index (χ0) is 11.0. The van der Waals surface area contributed by atoms with E-state index in [2.05, 4.69) is 31.3 Å². The summed E-state index contributed by atoms with van der Waals surface area (Å²) in [7, 11) is 0. The Hall–Kier alpha value is -1.51. The maximum Gasteiger partial charge on any atom is 0.223 e. The van der Waals surface area contributed by atoms with Crippen molar-refractivity contribution in [3.05, 3.63) is 23.3 Å². The molecule has 80 valence electrons. The van der Waals surface area contributed by atoms with E-state index in [9.17, 15) is 4.79 Å². The largest absolute Gasteiger partial charge is 0.382 e. The minimum atomic E-state index is 0.112. The van der Waals surface area contributed by atoms with E-state index in [1.807, 2.05) is 4.90 Å². The standard InChI is InChI=1S/C12H16N2O/c1-8-6-11-12(7-9(8)2)14(10(3)15)5-4-13-11/h6-7,13H,4-5H2,1-3H3. The van der Waals surface area contributed by atoms with Crippen LogP contribution >= 0.6 is 0 Å². The van der Waals surface area contributed by atoms with E-state index in [0.29, 0.717) is 0 Å². The number of nitrogens with one attached hydrogen (secondary N) is 1. The van der Waals surface area contributed by atoms with Crippen LogP contribution in [-0.2, 0) is 4.79 Å². The van der Waals surface area contributed by atoms with Crippen molar-refractivity contribution in [2.75, 3.05) is 23.3 Å². The highest BCUT2D eigenvalue weighted by Gasteiger charge is 2.19. The molecule has 0 radical (unpaired) electrons. The monoisotopic (exact) mass is 204 g/mol. The first-order valence-electron chi connectivity index (χ1n) is 5.23. The Labute approximate surface area is 90.1 Å². The Morgan fingerprint density at radius 3 is 2.67 bits per heavy atom. The number of carbonyl (C=O) groups excluding carboxylic acids is 1. The molecule has 0 aliphatic carbocycles. The van der Waals surface area contributed by atoms with E-state index < -0.39 is 0 Å². The van der Waals surface area contributed by atoms with Gasteiger partial charge in [-0.15, -0.1) is 0 Å². The van der Waals surface area contributed by atoms with Gasteiger partial charge in [-0.05, 0) is 37.1 Å². The Morgan fingerprint density at radius 1 is 1.33 bits per heavy atom. The van der Waals surface area contributed by atoms with Crippen molar-refractivity contribution in [2.24, 2.45) is 0 Å². The first-order valence-corrected chi connectivity index (χ1v) is 5.23. The summed E-state index contributed by atoms with van der Waals surface area (Å²) < 4.78 is 0. The fourth-order valence-electron chi connectivity index (χ4n) is 1.92. The molecule has 1 N–H and O–H groups in total. The first-order chi connectivity index (χ1) is 7.09. The second kappa shape index (κ2) is 3.57. The predicted molar refractivity (Wildman–Crippen MR) is 62.4 cm³/mol. The normalized spacial score (nSPS) is 14.5. The van der Waals surface area contributed by atoms with Crippen LogP contribution in [0, 0.1) is 13.8 Å². The molecule has 3 heteroatoms. The van der Waals surface area contributed by atoms with Crippen molar-refractivity contribution in [3.63, 3.8) is 0 Å². The van der Waals surface area contributed by atoms with E-state index in [1.54, 1.807) is 6.92 Å². The molecule has 0 fully saturated rings. The summed E-state index contributed by atoms with van der Waals surface area (Å²) in [5, 5.41) is 3.32. The van der Waals surface area contributed by atoms with Crippen molar-refractivity contribution < 1.29 is 4.79 Å². The van der Waals surface area contributed by atoms with E-state index in [1.165, 1.54) is 11.1 Å². The van der Waals surface area contributed by atoms with Gasteiger partial charge in [0.15, 0.2) is 0 Å². The van der Waals surface area contributed by atoms with Crippen LogP contribution in [-0.4, -0.2) is 19.0 Å². The highest BCUT2D eigenvalue weighted by atomic mass is 16.2. The number of hydrogen-bond acceptors (Lipinski definition) is 2. The molecule has 0 bridgehead atoms. The Bertz CT molecular complexity index is 412. The zero-order valence-corrected chi connectivity index (χ0v) is 9.42. The van der Waals surface area contributed by atoms with Gasteiger partial charge in [0.25, 0.3) is 0 Å². The number of rotatable bonds is 0. The van der Waals surface area contributed by atoms with Gasteiger partial charge in [-0.2, -0.15) is 0 Å². The zero-order valence-electron chi connectivity index (χ0n) is 9.42. The van der Waals surface area contributed by atoms with Crippen LogP contribution in [0.15, 0.2) is 12.1 Å². The van der Waals surface area contributed by atoms with Gasteiger partial charge in [0.1, 0.15) is 0 Å². The molecule has 1 aromatic rings. The first kappa shape index (κ1) is 10.0. The molecule has 1 aliphatic rings. The average Bonchev–Trinajstić information content (AvgIpc) is 2.18. The molecule has 0 atom stereocenters. The minimum Gasteiger partial charge on any atom is -0.382 e. The molecular formula is C12H16N2O. The van der Waals surface area contributed by atoms with Crippen LogP contribution in [0.25, 0.3) is 0 Å². The highest BCUT2D eigenvalue weighted by Crippen LogP contribution is 2.31. The molecule has 0 unspecified atom stereocenters. The van der Waals surface area contributed by atoms with Gasteiger partial charge in [-0.25, -0.2) is 0 Å². The molecule has 2 rings (SSSR count). The lowest BCUT2D eigenvalue weighted by molar-refractivity contribution is -0.116. The van der Waals surface area contributed by atoms with Gasteiger partial charge >= 0.3 is 0 Å². The lowest BCUT2D eigenvalue weighted by atomic mass is 10.1. The third kappa shape index (κ3) is 1.69. The van der Waals surface area contributed by atoms with Gasteiger partial charge in [0.05, 0.1) is 11.4 Å². The second-order valence-electron chi connectivity index (χ2n) is 4.05. The summed E-state index contributed by atoms with van der Waals surface area (Å²) in [6, 6.07) is 4.19. The molecule has 0 saturated heterocycles. The molecule has 15 heavy (non-hydrogen) atoms. The van der Waals surface area contributed by atoms with E-state index in [-0.39, 0.29) is 5.91 Å². The van der Waals surface area contributed by atoms with Crippen LogP contribution in [0.5, 0.6) is 0 Å². The Balaban J connectivity index is 2.51. The summed E-state index contributed by atoms with van der Waals surface area (Å²) in [4.78, 5) is 13.3. The summed E-state index contributed by atoms with van der Waals surface area (Å²) >= 11 is 0. The molecule has 1 heterocycles. The topological polar surface area (TPSA) is 32.3 Å². The molecule has 1 amide bonds. The molecule has 1 aliphatic heterocycles. The number of fused-ring (bicyclic) bond motifs is 1. The fraction of sp³-hybridized carbons (Fsp3) is 0.417. The summed E-state index contributed by atoms with van der Waals surface area (Å²) in [6.45, 7) is 7.36. The third-order valence-corrected chi connectivity index (χ3v) is 2.93. The highest BCUT2D eigenvalue weighted by molar-refractivity contribution is 5.96. The lowest BCUT2D eigenvalue weighted by Gasteiger charge is -2.30. The summed E-state index contributed by atoms with van der Waals surface area (Å²) in [6.07, 6.45) is 0. The van der Waals surface area contributed by atoms with E-state index in [4.69, 9.17) is 0 Å². The number of carbonyl (C=O) groups is 1. The fourth-order valence-corrected chi connectivity index (χ4v) is 1.92. The Morgan fingerprint density at radius 2 is 2.00 bits per heavy atom. The smallest absolute Gasteiger partial charge is 0.223 e. The number of benzene rings is 1. The predicted octanol–water partition coefficient (Wildman–Crippen LogP) is 2.08. The quantitative estimate of drug-likeness (QED) is 0.701. The van der Waals surface area contributed by atoms with Crippen LogP contribution in [0.1, 0.15) is 18.1 Å². The number of anilines is 2. The molecule has 0 saturated carbocycles. The molecule has 3 nitrogen and oxygen atoms in total. The third-order valence-electron chi connectivity index (χ3n) is 2.93. The minimum absolute atomic E-state index is 0.112. The van der Waals surface area contributed by atoms with Gasteiger partial charge in [-0.1, -0.05) is 0 Å². The van der Waals surface area contributed by atoms with Crippen molar-refractivity contribution >= 4 is 17.3 Å². The molecule has 1 aromatic carbocycles. The number of nitrogens with zero attached hydrogens (tertiary/aromatic N) is 1. The lowest BCUT2D eigenvalue weighted by Crippen LogP contribution is -2.37. The maximum absolute atomic E-state index is 11.5. The van der Waals surface area contributed by atoms with Crippen LogP contribution in [0.2, 0.25) is 0 Å². The van der Waals surface area contributed by atoms with E-state index >= 15 is 0 Å². The van der Waals surface area contributed by atoms with Gasteiger partial charge in [0.2, 0.25) is 5.91 Å². The van der Waals surface area contributed by atoms with Crippen molar-refractivity contribution in [2.45, 2.75) is 20.8 Å². The molecule has 0 spiro atoms. The SMILES string of the molecule is CC(=O)N1CCNc2cc(C)c(C)cc21. The number of aryl methyl sites for hydroxylation is 2. The van der Waals surface area contributed by atoms with Crippen molar-refractivity contribution in [1.82, 2.24) is 0 Å². The van der Waals surface area contributed by atoms with Crippen molar-refractivity contribution in [3.8, 4) is 0 Å². The number of hydrogen-bond donors (Lipinski definition) is 1. The maximum atomic E-state index is 11.5. The van der Waals surface area contributed by atoms with Gasteiger partial charge in [-0.3, -0.25) is 4.79 Å². The molecular weight excluding hydrogens is 188 g/mol. The van der Waals surface area contributed by atoms with Crippen LogP contribution in [0.4, 0.5) is 11.4 Å². The average molecular weight is 204 g/mol. The van der Waals surface area contributed by atoms with Crippen LogP contribution in [0.3, 0.4) is 0 Å². The van der Waals surface area contributed by atoms with Gasteiger partial charge < -0.3 is 10.2 Å². The van der Waals surface area contributed by atoms with Crippen LogP contribution < -0.4 is 10.2 Å².